The minimum Gasteiger partial charge on any atom is -0.468 e. The smallest absolute Gasteiger partial charge is 0.293 e. The first-order chi connectivity index (χ1) is 9.24. The lowest BCUT2D eigenvalue weighted by atomic mass is 10.1. The normalized spacial score (nSPS) is 20.0. The molecule has 0 aromatic rings. The van der Waals surface area contributed by atoms with E-state index in [9.17, 15) is 4.79 Å². The Kier molecular flexibility index (Phi) is 10.0. The molecular formula is C15H32N2O2. The summed E-state index contributed by atoms with van der Waals surface area (Å²) in [7, 11) is 0. The number of rotatable bonds is 4. The van der Waals surface area contributed by atoms with Crippen LogP contribution in [0.1, 0.15) is 48.4 Å². The quantitative estimate of drug-likeness (QED) is 0.736. The summed E-state index contributed by atoms with van der Waals surface area (Å²) < 4.78 is 4.15. The van der Waals surface area contributed by atoms with Crippen molar-refractivity contribution in [2.45, 2.75) is 53.0 Å². The molecule has 2 rings (SSSR count). The Morgan fingerprint density at radius 3 is 2.58 bits per heavy atom. The molecule has 0 amide bonds. The number of hydrogen-bond acceptors (Lipinski definition) is 4. The molecule has 2 heterocycles. The first-order valence-corrected chi connectivity index (χ1v) is 7.50. The Hall–Kier alpha value is -1.19. The highest BCUT2D eigenvalue weighted by molar-refractivity contribution is 5.36. The van der Waals surface area contributed by atoms with E-state index in [2.05, 4.69) is 28.0 Å². The molecule has 114 valence electrons. The van der Waals surface area contributed by atoms with E-state index in [1.54, 1.807) is 6.92 Å². The highest BCUT2D eigenvalue weighted by Gasteiger charge is 2.34. The molecule has 0 aromatic carbocycles. The number of piperidine rings is 1. The molecule has 1 atom stereocenters. The second kappa shape index (κ2) is 10.7. The highest BCUT2D eigenvalue weighted by atomic mass is 16.5. The van der Waals surface area contributed by atoms with Gasteiger partial charge in [-0.15, -0.1) is 0 Å². The fourth-order valence-corrected chi connectivity index (χ4v) is 2.46. The number of fused-ring (bicyclic) bond motifs is 2. The second-order valence-corrected chi connectivity index (χ2v) is 4.40. The van der Waals surface area contributed by atoms with E-state index in [1.807, 2.05) is 13.8 Å². The Labute approximate surface area is 119 Å². The largest absolute Gasteiger partial charge is 0.468 e. The van der Waals surface area contributed by atoms with Gasteiger partial charge < -0.3 is 14.5 Å². The van der Waals surface area contributed by atoms with E-state index in [0.717, 1.165) is 6.04 Å². The minimum absolute atomic E-state index is 0. The van der Waals surface area contributed by atoms with E-state index >= 15 is 0 Å². The van der Waals surface area contributed by atoms with Crippen molar-refractivity contribution in [3.8, 4) is 0 Å². The van der Waals surface area contributed by atoms with Crippen LogP contribution in [0, 0.1) is 0 Å². The van der Waals surface area contributed by atoms with Crippen LogP contribution in [0.3, 0.4) is 0 Å². The van der Waals surface area contributed by atoms with Crippen LogP contribution in [0.4, 0.5) is 0 Å². The zero-order valence-electron chi connectivity index (χ0n) is 13.0. The van der Waals surface area contributed by atoms with Gasteiger partial charge in [0.05, 0.1) is 12.4 Å². The van der Waals surface area contributed by atoms with Crippen molar-refractivity contribution in [3.63, 3.8) is 0 Å². The van der Waals surface area contributed by atoms with Gasteiger partial charge in [-0.1, -0.05) is 27.4 Å². The summed E-state index contributed by atoms with van der Waals surface area (Å²) in [6.45, 7) is 16.7. The van der Waals surface area contributed by atoms with Gasteiger partial charge in [-0.25, -0.2) is 0 Å². The van der Waals surface area contributed by atoms with Gasteiger partial charge in [0.2, 0.25) is 0 Å². The van der Waals surface area contributed by atoms with Gasteiger partial charge in [0.15, 0.2) is 0 Å². The zero-order valence-corrected chi connectivity index (χ0v) is 13.0. The lowest BCUT2D eigenvalue weighted by Crippen LogP contribution is -2.31. The molecule has 4 heteroatoms. The van der Waals surface area contributed by atoms with Gasteiger partial charge >= 0.3 is 0 Å². The van der Waals surface area contributed by atoms with Crippen molar-refractivity contribution >= 4 is 6.47 Å². The molecule has 2 aliphatic heterocycles. The van der Waals surface area contributed by atoms with Crippen molar-refractivity contribution in [2.75, 3.05) is 26.2 Å². The van der Waals surface area contributed by atoms with Crippen molar-refractivity contribution < 1.29 is 11.0 Å². The molecule has 2 fully saturated rings. The summed E-state index contributed by atoms with van der Waals surface area (Å²) in [6.07, 6.45) is 3.96. The fraction of sp³-hybridized carbons (Fsp3) is 0.800. The van der Waals surface area contributed by atoms with Gasteiger partial charge in [-0.3, -0.25) is 4.79 Å². The van der Waals surface area contributed by atoms with Crippen LogP contribution in [0.25, 0.3) is 0 Å². The average molecular weight is 272 g/mol. The Bertz CT molecular complexity index is 262. The van der Waals surface area contributed by atoms with Gasteiger partial charge in [-0.05, 0) is 26.2 Å². The van der Waals surface area contributed by atoms with E-state index in [4.69, 9.17) is 0 Å². The van der Waals surface area contributed by atoms with E-state index in [0.29, 0.717) is 13.1 Å². The van der Waals surface area contributed by atoms with Crippen molar-refractivity contribution in [2.24, 2.45) is 0 Å². The Balaban J connectivity index is 0. The number of hydrogen-bond donors (Lipinski definition) is 0. The van der Waals surface area contributed by atoms with E-state index in [-0.39, 0.29) is 1.43 Å². The molecule has 4 nitrogen and oxygen atoms in total. The van der Waals surface area contributed by atoms with E-state index in [1.165, 1.54) is 44.7 Å². The summed E-state index contributed by atoms with van der Waals surface area (Å²) in [6, 6.07) is 0.784. The van der Waals surface area contributed by atoms with Crippen LogP contribution in [-0.4, -0.2) is 48.6 Å². The van der Waals surface area contributed by atoms with Crippen LogP contribution in [0.2, 0.25) is 0 Å². The second-order valence-electron chi connectivity index (χ2n) is 4.40. The molecule has 0 aromatic heterocycles. The molecule has 19 heavy (non-hydrogen) atoms. The van der Waals surface area contributed by atoms with E-state index < -0.39 is 0 Å². The maximum atomic E-state index is 9.18. The number of nitrogens with zero attached hydrogens (tertiary/aromatic N) is 2. The third-order valence-electron chi connectivity index (χ3n) is 3.23. The summed E-state index contributed by atoms with van der Waals surface area (Å²) >= 11 is 0. The van der Waals surface area contributed by atoms with Gasteiger partial charge in [-0.2, -0.15) is 0 Å². The first kappa shape index (κ1) is 17.8. The predicted octanol–water partition coefficient (Wildman–Crippen LogP) is 3.10. The maximum Gasteiger partial charge on any atom is 0.293 e. The fourth-order valence-electron chi connectivity index (χ4n) is 2.46. The first-order valence-electron chi connectivity index (χ1n) is 7.50. The van der Waals surface area contributed by atoms with Crippen LogP contribution < -0.4 is 0 Å². The lowest BCUT2D eigenvalue weighted by Gasteiger charge is -2.23. The van der Waals surface area contributed by atoms with Crippen LogP contribution in [0.5, 0.6) is 0 Å². The summed E-state index contributed by atoms with van der Waals surface area (Å²) in [5.74, 6) is 1.28. The van der Waals surface area contributed by atoms with Gasteiger partial charge in [0, 0.05) is 27.1 Å². The SMILES string of the molecule is C=C1N2CCC[C@H](C2)N1CCC.CC.CCOC=O.[HH]. The predicted molar refractivity (Wildman–Crippen MR) is 81.9 cm³/mol. The molecular weight excluding hydrogens is 240 g/mol. The molecule has 0 unspecified atom stereocenters. The van der Waals surface area contributed by atoms with Crippen molar-refractivity contribution in [3.05, 3.63) is 12.4 Å². The summed E-state index contributed by atoms with van der Waals surface area (Å²) in [5.41, 5.74) is 0. The molecule has 0 N–H and O–H groups in total. The Morgan fingerprint density at radius 2 is 2.16 bits per heavy atom. The third-order valence-corrected chi connectivity index (χ3v) is 3.23. The van der Waals surface area contributed by atoms with Gasteiger partial charge in [0.1, 0.15) is 0 Å². The van der Waals surface area contributed by atoms with Crippen LogP contribution >= 0.6 is 0 Å². The molecule has 2 saturated heterocycles. The molecule has 2 bridgehead atoms. The summed E-state index contributed by atoms with van der Waals surface area (Å²) in [5, 5.41) is 0. The van der Waals surface area contributed by atoms with Crippen LogP contribution in [0.15, 0.2) is 12.4 Å². The molecule has 0 spiro atoms. The maximum absolute atomic E-state index is 9.18. The molecule has 0 saturated carbocycles. The van der Waals surface area contributed by atoms with Crippen molar-refractivity contribution in [1.29, 1.82) is 0 Å². The Morgan fingerprint density at radius 1 is 1.47 bits per heavy atom. The van der Waals surface area contributed by atoms with Crippen LogP contribution in [-0.2, 0) is 9.53 Å². The van der Waals surface area contributed by atoms with Crippen molar-refractivity contribution in [1.82, 2.24) is 9.80 Å². The van der Waals surface area contributed by atoms with Gasteiger partial charge in [0.25, 0.3) is 6.47 Å². The average Bonchev–Trinajstić information content (AvgIpc) is 2.67. The third kappa shape index (κ3) is 5.53. The highest BCUT2D eigenvalue weighted by Crippen LogP contribution is 2.29. The number of carbonyl (C=O) groups is 1. The monoisotopic (exact) mass is 272 g/mol. The standard InChI is InChI=1S/C10H18N2.C3H6O2.C2H6.H2/c1-3-6-12-9(2)11-7-4-5-10(12)8-11;1-2-5-3-4;1-2;/h10H,2-8H2,1H3;3H,2H2,1H3;1-2H3;1H/t10-;;;/m1.../s1. The number of carbonyl (C=O) groups excluding carboxylic acids is 1. The lowest BCUT2D eigenvalue weighted by molar-refractivity contribution is -0.128. The molecule has 0 aliphatic carbocycles. The molecule has 2 aliphatic rings. The minimum atomic E-state index is 0. The number of ether oxygens (including phenoxy) is 1. The molecule has 0 radical (unpaired) electrons. The topological polar surface area (TPSA) is 32.8 Å². The zero-order chi connectivity index (χ0) is 14.7. The summed E-state index contributed by atoms with van der Waals surface area (Å²) in [4.78, 5) is 14.1.